The van der Waals surface area contributed by atoms with E-state index in [0.717, 1.165) is 22.7 Å². The Morgan fingerprint density at radius 1 is 0.343 bits per heavy atom. The van der Waals surface area contributed by atoms with Crippen molar-refractivity contribution in [2.75, 3.05) is 4.90 Å². The van der Waals surface area contributed by atoms with Crippen LogP contribution in [0.15, 0.2) is 250 Å². The van der Waals surface area contributed by atoms with Crippen LogP contribution in [0.2, 0.25) is 0 Å². The third-order valence-electron chi connectivity index (χ3n) is 13.9. The highest BCUT2D eigenvalue weighted by Gasteiger charge is 2.38. The van der Waals surface area contributed by atoms with Gasteiger partial charge in [0, 0.05) is 58.5 Å². The molecule has 67 heavy (non-hydrogen) atoms. The Labute approximate surface area is 400 Å². The van der Waals surface area contributed by atoms with E-state index in [1.165, 1.54) is 97.0 Å². The summed E-state index contributed by atoms with van der Waals surface area (Å²) in [6.45, 7) is 4.80. The highest BCUT2D eigenvalue weighted by atomic mass is 32.2. The van der Waals surface area contributed by atoms with Crippen LogP contribution in [0.1, 0.15) is 25.0 Å². The van der Waals surface area contributed by atoms with Gasteiger partial charge < -0.3 is 9.47 Å². The number of rotatable bonds is 7. The average Bonchev–Trinajstić information content (AvgIpc) is 3.82. The van der Waals surface area contributed by atoms with Gasteiger partial charge in [0.2, 0.25) is 0 Å². The molecule has 0 saturated carbocycles. The van der Waals surface area contributed by atoms with E-state index in [4.69, 9.17) is 0 Å². The highest BCUT2D eigenvalue weighted by molar-refractivity contribution is 8.05. The first-order chi connectivity index (χ1) is 32.9. The van der Waals surface area contributed by atoms with Crippen LogP contribution in [-0.2, 0) is 5.41 Å². The predicted molar refractivity (Wildman–Crippen MR) is 284 cm³/mol. The molecule has 0 radical (unpaired) electrons. The number of anilines is 3. The normalized spacial score (nSPS) is 13.2. The molecule has 4 heteroatoms. The maximum Gasteiger partial charge on any atom is 0.0547 e. The summed E-state index contributed by atoms with van der Waals surface area (Å²) < 4.78 is 2.46. The Morgan fingerprint density at radius 2 is 0.776 bits per heavy atom. The fraction of sp³-hybridized carbons (Fsp3) is 0.0476. The molecule has 0 atom stereocenters. The monoisotopic (exact) mass is 892 g/mol. The van der Waals surface area contributed by atoms with Crippen molar-refractivity contribution in [2.24, 2.45) is 0 Å². The molecule has 0 spiro atoms. The predicted octanol–water partition coefficient (Wildman–Crippen LogP) is 18.2. The summed E-state index contributed by atoms with van der Waals surface area (Å²) in [5.74, 6) is 0. The lowest BCUT2D eigenvalue weighted by molar-refractivity contribution is 0.658. The second-order valence-electron chi connectivity index (χ2n) is 18.1. The van der Waals surface area contributed by atoms with Gasteiger partial charge in [0.15, 0.2) is 0 Å². The second-order valence-corrected chi connectivity index (χ2v) is 20.3. The fourth-order valence-corrected chi connectivity index (χ4v) is 12.7. The van der Waals surface area contributed by atoms with Crippen LogP contribution < -0.4 is 4.90 Å². The van der Waals surface area contributed by atoms with Gasteiger partial charge in [-0.15, -0.1) is 0 Å². The zero-order chi connectivity index (χ0) is 44.6. The summed E-state index contributed by atoms with van der Waals surface area (Å²) in [5, 5.41) is 2.58. The van der Waals surface area contributed by atoms with Crippen molar-refractivity contribution >= 4 is 62.4 Å². The number of nitrogens with zero attached hydrogens (tertiary/aromatic N) is 2. The molecule has 13 rings (SSSR count). The molecule has 318 valence electrons. The van der Waals surface area contributed by atoms with Crippen LogP contribution in [0.25, 0.3) is 72.0 Å². The number of hydrogen-bond donors (Lipinski definition) is 0. The van der Waals surface area contributed by atoms with Crippen LogP contribution in [-0.4, -0.2) is 4.57 Å². The molecule has 0 fully saturated rings. The molecule has 2 heterocycles. The van der Waals surface area contributed by atoms with Crippen molar-refractivity contribution < 1.29 is 0 Å². The minimum absolute atomic E-state index is 0.111. The lowest BCUT2D eigenvalue weighted by Crippen LogP contribution is -2.15. The zero-order valence-electron chi connectivity index (χ0n) is 37.2. The fourth-order valence-electron chi connectivity index (χ4n) is 10.4. The van der Waals surface area contributed by atoms with E-state index in [2.05, 4.69) is 254 Å². The van der Waals surface area contributed by atoms with Crippen LogP contribution in [0, 0.1) is 0 Å². The lowest BCUT2D eigenvalue weighted by Gasteiger charge is -2.26. The van der Waals surface area contributed by atoms with E-state index in [9.17, 15) is 0 Å². The zero-order valence-corrected chi connectivity index (χ0v) is 38.8. The van der Waals surface area contributed by atoms with Crippen molar-refractivity contribution in [1.82, 2.24) is 4.57 Å². The maximum absolute atomic E-state index is 2.49. The molecule has 0 saturated heterocycles. The first kappa shape index (κ1) is 39.8. The Bertz CT molecular complexity index is 3670. The number of para-hydroxylation sites is 2. The summed E-state index contributed by atoms with van der Waals surface area (Å²) in [4.78, 5) is 7.71. The summed E-state index contributed by atoms with van der Waals surface area (Å²) in [7, 11) is 0. The molecule has 0 bridgehead atoms. The third kappa shape index (κ3) is 6.74. The number of hydrogen-bond acceptors (Lipinski definition) is 3. The van der Waals surface area contributed by atoms with E-state index in [1.807, 2.05) is 23.5 Å². The average molecular weight is 893 g/mol. The molecule has 10 aromatic carbocycles. The summed E-state index contributed by atoms with van der Waals surface area (Å²) >= 11 is 3.81. The quantitative estimate of drug-likeness (QED) is 0.158. The number of fused-ring (bicyclic) bond motifs is 8. The van der Waals surface area contributed by atoms with Gasteiger partial charge in [0.1, 0.15) is 0 Å². The lowest BCUT2D eigenvalue weighted by atomic mass is 9.82. The second kappa shape index (κ2) is 15.8. The van der Waals surface area contributed by atoms with E-state index in [-0.39, 0.29) is 5.41 Å². The molecule has 2 aliphatic rings. The van der Waals surface area contributed by atoms with Crippen molar-refractivity contribution in [3.05, 3.63) is 242 Å². The SMILES string of the molecule is CC1(C)c2cc3c(cc2-c2cc4c(cc21)c1ccccc1n4-c1ccc(-c2ccc(-c4ccc(N(c5ccccc5)c5ccc(-c6ccccc6)cc5)cc4)cc2)cc1)Sc1ccccc1S3. The van der Waals surface area contributed by atoms with Crippen molar-refractivity contribution in [2.45, 2.75) is 38.8 Å². The topological polar surface area (TPSA) is 8.17 Å². The molecular weight excluding hydrogens is 849 g/mol. The van der Waals surface area contributed by atoms with Gasteiger partial charge in [0.25, 0.3) is 0 Å². The molecule has 0 unspecified atom stereocenters. The van der Waals surface area contributed by atoms with Crippen LogP contribution >= 0.6 is 23.5 Å². The van der Waals surface area contributed by atoms with Gasteiger partial charge >= 0.3 is 0 Å². The van der Waals surface area contributed by atoms with Crippen LogP contribution in [0.5, 0.6) is 0 Å². The van der Waals surface area contributed by atoms with Gasteiger partial charge in [-0.3, -0.25) is 0 Å². The first-order valence-corrected chi connectivity index (χ1v) is 24.6. The highest BCUT2D eigenvalue weighted by Crippen LogP contribution is 2.56. The maximum atomic E-state index is 2.49. The summed E-state index contributed by atoms with van der Waals surface area (Å²) in [5.41, 5.74) is 19.6. The minimum atomic E-state index is -0.111. The van der Waals surface area contributed by atoms with Crippen LogP contribution in [0.3, 0.4) is 0 Å². The van der Waals surface area contributed by atoms with Gasteiger partial charge in [-0.25, -0.2) is 0 Å². The van der Waals surface area contributed by atoms with Gasteiger partial charge in [-0.2, -0.15) is 0 Å². The molecular formula is C63H44N2S2. The van der Waals surface area contributed by atoms with E-state index >= 15 is 0 Å². The van der Waals surface area contributed by atoms with E-state index in [0.29, 0.717) is 0 Å². The van der Waals surface area contributed by atoms with Gasteiger partial charge in [-0.05, 0) is 147 Å². The largest absolute Gasteiger partial charge is 0.311 e. The Kier molecular flexibility index (Phi) is 9.42. The summed E-state index contributed by atoms with van der Waals surface area (Å²) in [6, 6.07) is 84.6. The molecule has 1 aromatic heterocycles. The number of benzene rings is 10. The molecule has 1 aliphatic heterocycles. The molecule has 0 amide bonds. The van der Waals surface area contributed by atoms with Crippen molar-refractivity contribution in [3.63, 3.8) is 0 Å². The van der Waals surface area contributed by atoms with Crippen LogP contribution in [0.4, 0.5) is 17.1 Å². The van der Waals surface area contributed by atoms with Gasteiger partial charge in [0.05, 0.1) is 11.0 Å². The van der Waals surface area contributed by atoms with E-state index < -0.39 is 0 Å². The Hall–Kier alpha value is -7.50. The number of aromatic nitrogens is 1. The Balaban J connectivity index is 0.797. The molecule has 1 aliphatic carbocycles. The van der Waals surface area contributed by atoms with Crippen molar-refractivity contribution in [1.29, 1.82) is 0 Å². The smallest absolute Gasteiger partial charge is 0.0547 e. The molecule has 2 nitrogen and oxygen atoms in total. The van der Waals surface area contributed by atoms with Gasteiger partial charge in [-0.1, -0.05) is 177 Å². The molecule has 0 N–H and O–H groups in total. The minimum Gasteiger partial charge on any atom is -0.311 e. The third-order valence-corrected chi connectivity index (χ3v) is 16.4. The van der Waals surface area contributed by atoms with Crippen molar-refractivity contribution in [3.8, 4) is 50.2 Å². The standard InChI is InChI=1S/C63H44N2S2/c1-63(2)55-37-54-51-17-9-10-18-57(51)65(58(54)38-52(55)53-39-61-62(40-56(53)63)67-60-20-12-11-19-59(60)66-61)50-35-29-46(30-36-50)43-23-21-42(22-24-43)45-27-33-49(34-28-45)64(47-15-7-4-8-16-47)48-31-25-44(26-32-48)41-13-5-3-6-14-41/h3-40H,1-2H3. The molecule has 11 aromatic rings. The Morgan fingerprint density at radius 3 is 1.37 bits per heavy atom. The summed E-state index contributed by atoms with van der Waals surface area (Å²) in [6.07, 6.45) is 0. The van der Waals surface area contributed by atoms with E-state index in [1.54, 1.807) is 0 Å². The first-order valence-electron chi connectivity index (χ1n) is 23.0.